The molecule has 0 aliphatic heterocycles. The van der Waals surface area contributed by atoms with Gasteiger partial charge in [0.1, 0.15) is 5.69 Å². The molecule has 1 aromatic carbocycles. The van der Waals surface area contributed by atoms with E-state index in [1.165, 1.54) is 6.20 Å². The minimum absolute atomic E-state index is 0.0109. The maximum absolute atomic E-state index is 12.5. The quantitative estimate of drug-likeness (QED) is 0.226. The number of nitrogens with one attached hydrogen (secondary N) is 1. The average Bonchev–Trinajstić information content (AvgIpc) is 3.76. The fraction of sp³-hybridized carbons (Fsp3) is 0.312. The van der Waals surface area contributed by atoms with Crippen LogP contribution in [0.3, 0.4) is 0 Å². The lowest BCUT2D eigenvalue weighted by Gasteiger charge is -2.24. The molecule has 0 unspecified atom stereocenters. The van der Waals surface area contributed by atoms with Crippen molar-refractivity contribution in [1.29, 1.82) is 0 Å². The highest BCUT2D eigenvalue weighted by Gasteiger charge is 2.24. The summed E-state index contributed by atoms with van der Waals surface area (Å²) in [4.78, 5) is 29.9. The van der Waals surface area contributed by atoms with Crippen molar-refractivity contribution in [3.05, 3.63) is 95.2 Å². The van der Waals surface area contributed by atoms with E-state index in [2.05, 4.69) is 66.1 Å². The van der Waals surface area contributed by atoms with E-state index in [1.807, 2.05) is 31.3 Å². The minimum Gasteiger partial charge on any atom is -0.404 e. The Bertz CT molecular complexity index is 1410. The molecule has 210 valence electrons. The highest BCUT2D eigenvalue weighted by molar-refractivity contribution is 5.94. The van der Waals surface area contributed by atoms with Gasteiger partial charge in [-0.05, 0) is 90.4 Å². The Labute approximate surface area is 236 Å². The molecule has 0 atom stereocenters. The van der Waals surface area contributed by atoms with Gasteiger partial charge in [0.15, 0.2) is 0 Å². The molecule has 1 saturated carbocycles. The number of carbonyl (C=O) groups excluding carboxylic acids is 2. The van der Waals surface area contributed by atoms with Gasteiger partial charge in [0, 0.05) is 47.0 Å². The normalized spacial score (nSPS) is 13.7. The van der Waals surface area contributed by atoms with Gasteiger partial charge >= 0.3 is 0 Å². The summed E-state index contributed by atoms with van der Waals surface area (Å²) in [6.45, 7) is 8.73. The fourth-order valence-electron chi connectivity index (χ4n) is 4.54. The topological polar surface area (TPSA) is 150 Å². The largest absolute Gasteiger partial charge is 0.404 e. The number of carbonyl (C=O) groups is 2. The van der Waals surface area contributed by atoms with Gasteiger partial charge in [0.25, 0.3) is 5.91 Å². The predicted molar refractivity (Wildman–Crippen MR) is 162 cm³/mol. The summed E-state index contributed by atoms with van der Waals surface area (Å²) < 4.78 is 0. The number of pyridine rings is 2. The van der Waals surface area contributed by atoms with Gasteiger partial charge in [-0.15, -0.1) is 0 Å². The third kappa shape index (κ3) is 7.79. The lowest BCUT2D eigenvalue weighted by atomic mass is 9.83. The van der Waals surface area contributed by atoms with Gasteiger partial charge in [0.2, 0.25) is 6.41 Å². The molecule has 8 nitrogen and oxygen atoms in total. The molecule has 2 aromatic heterocycles. The van der Waals surface area contributed by atoms with Crippen LogP contribution in [0.4, 0.5) is 0 Å². The summed E-state index contributed by atoms with van der Waals surface area (Å²) in [5.74, 6) is -0.167. The molecular weight excluding hydrogens is 500 g/mol. The first-order valence-electron chi connectivity index (χ1n) is 13.5. The standard InChI is InChI=1S/C31H37N5O.CH3NO/c1-5-12-31(3,4)29-18-23(11-14-35-29)21-7-6-20(2)26(15-21)27(33)16-24(19-32)22-10-13-34-28(17-22)30(37)36-25-8-9-25;2-1-3/h6-7,10-11,13-19,25H,5,8-9,12,32-33H2,1-4H3,(H,36,37);1H,(H2,2,3)/b24-19+,27-16-;. The van der Waals surface area contributed by atoms with Gasteiger partial charge in [-0.25, -0.2) is 0 Å². The zero-order valence-corrected chi connectivity index (χ0v) is 23.8. The van der Waals surface area contributed by atoms with Gasteiger partial charge in [0.05, 0.1) is 0 Å². The maximum atomic E-state index is 12.5. The molecule has 1 aliphatic carbocycles. The molecule has 3 aromatic rings. The van der Waals surface area contributed by atoms with E-state index in [0.717, 1.165) is 64.8 Å². The molecule has 2 amide bonds. The number of aryl methyl sites for hydroxylation is 1. The predicted octanol–water partition coefficient (Wildman–Crippen LogP) is 4.82. The summed E-state index contributed by atoms with van der Waals surface area (Å²) in [5.41, 5.74) is 24.5. The first kappa shape index (κ1) is 30.1. The Morgan fingerprint density at radius 2 is 1.73 bits per heavy atom. The van der Waals surface area contributed by atoms with Crippen LogP contribution in [0.2, 0.25) is 0 Å². The number of aromatic nitrogens is 2. The first-order valence-corrected chi connectivity index (χ1v) is 13.5. The smallest absolute Gasteiger partial charge is 0.270 e. The van der Waals surface area contributed by atoms with Crippen molar-refractivity contribution in [2.75, 3.05) is 0 Å². The molecular formula is C32H40N6O2. The number of nitrogens with two attached hydrogens (primary N) is 3. The number of primary amides is 1. The van der Waals surface area contributed by atoms with Crippen LogP contribution in [-0.4, -0.2) is 28.3 Å². The summed E-state index contributed by atoms with van der Waals surface area (Å²) in [6, 6.07) is 14.4. The molecule has 4 rings (SSSR count). The van der Waals surface area contributed by atoms with Gasteiger partial charge < -0.3 is 22.5 Å². The number of hydrogen-bond acceptors (Lipinski definition) is 6. The third-order valence-corrected chi connectivity index (χ3v) is 6.94. The molecule has 2 heterocycles. The molecule has 7 N–H and O–H groups in total. The van der Waals surface area contributed by atoms with Crippen molar-refractivity contribution in [3.63, 3.8) is 0 Å². The zero-order chi connectivity index (χ0) is 29.3. The summed E-state index contributed by atoms with van der Waals surface area (Å²) in [6.07, 6.45) is 11.3. The van der Waals surface area contributed by atoms with Crippen molar-refractivity contribution in [3.8, 4) is 11.1 Å². The Hall–Kier alpha value is -4.46. The number of hydrogen-bond donors (Lipinski definition) is 4. The monoisotopic (exact) mass is 540 g/mol. The summed E-state index contributed by atoms with van der Waals surface area (Å²) in [7, 11) is 0. The van der Waals surface area contributed by atoms with Crippen LogP contribution in [0, 0.1) is 6.92 Å². The van der Waals surface area contributed by atoms with Crippen molar-refractivity contribution in [1.82, 2.24) is 15.3 Å². The van der Waals surface area contributed by atoms with Gasteiger partial charge in [-0.3, -0.25) is 19.6 Å². The third-order valence-electron chi connectivity index (χ3n) is 6.94. The zero-order valence-electron chi connectivity index (χ0n) is 23.8. The molecule has 40 heavy (non-hydrogen) atoms. The minimum atomic E-state index is -0.167. The fourth-order valence-corrected chi connectivity index (χ4v) is 4.54. The van der Waals surface area contributed by atoms with Crippen LogP contribution in [0.1, 0.15) is 79.3 Å². The van der Waals surface area contributed by atoms with Crippen LogP contribution in [-0.2, 0) is 10.2 Å². The molecule has 0 saturated heterocycles. The SMILES string of the molecule is CCCC(C)(C)c1cc(-c2ccc(C)c(/C(N)=C/C(=C\N)c3ccnc(C(=O)NC4CC4)c3)c2)ccn1.NC=O. The van der Waals surface area contributed by atoms with E-state index in [0.29, 0.717) is 11.4 Å². The number of rotatable bonds is 9. The second-order valence-corrected chi connectivity index (χ2v) is 10.6. The Kier molecular flexibility index (Phi) is 10.2. The number of amides is 2. The number of benzene rings is 1. The van der Waals surface area contributed by atoms with Crippen molar-refractivity contribution < 1.29 is 9.59 Å². The lowest BCUT2D eigenvalue weighted by molar-refractivity contribution is -0.106. The average molecular weight is 541 g/mol. The second-order valence-electron chi connectivity index (χ2n) is 10.6. The van der Waals surface area contributed by atoms with E-state index in [-0.39, 0.29) is 23.8 Å². The summed E-state index contributed by atoms with van der Waals surface area (Å²) in [5, 5.41) is 2.97. The Balaban J connectivity index is 0.00000141. The highest BCUT2D eigenvalue weighted by atomic mass is 16.2. The van der Waals surface area contributed by atoms with Gasteiger partial charge in [-0.2, -0.15) is 0 Å². The van der Waals surface area contributed by atoms with E-state index in [9.17, 15) is 4.79 Å². The van der Waals surface area contributed by atoms with E-state index in [4.69, 9.17) is 16.3 Å². The van der Waals surface area contributed by atoms with Crippen LogP contribution < -0.4 is 22.5 Å². The Morgan fingerprint density at radius 1 is 1.05 bits per heavy atom. The lowest BCUT2D eigenvalue weighted by Crippen LogP contribution is -2.26. The van der Waals surface area contributed by atoms with Gasteiger partial charge in [-0.1, -0.05) is 39.3 Å². The van der Waals surface area contributed by atoms with E-state index >= 15 is 0 Å². The highest BCUT2D eigenvalue weighted by Crippen LogP contribution is 2.31. The van der Waals surface area contributed by atoms with E-state index in [1.54, 1.807) is 12.3 Å². The summed E-state index contributed by atoms with van der Waals surface area (Å²) >= 11 is 0. The van der Waals surface area contributed by atoms with Crippen molar-refractivity contribution in [2.45, 2.75) is 64.8 Å². The molecule has 1 aliphatic rings. The second kappa shape index (κ2) is 13.6. The van der Waals surface area contributed by atoms with E-state index < -0.39 is 0 Å². The molecule has 0 bridgehead atoms. The molecule has 8 heteroatoms. The van der Waals surface area contributed by atoms with Crippen molar-refractivity contribution >= 4 is 23.6 Å². The number of nitrogens with zero attached hydrogens (tertiary/aromatic N) is 2. The van der Waals surface area contributed by atoms with Crippen LogP contribution >= 0.6 is 0 Å². The first-order chi connectivity index (χ1) is 19.1. The van der Waals surface area contributed by atoms with Crippen LogP contribution in [0.5, 0.6) is 0 Å². The molecule has 0 spiro atoms. The maximum Gasteiger partial charge on any atom is 0.270 e. The van der Waals surface area contributed by atoms with Crippen LogP contribution in [0.15, 0.2) is 67.1 Å². The Morgan fingerprint density at radius 3 is 2.38 bits per heavy atom. The molecule has 0 radical (unpaired) electrons. The number of allylic oxidation sites excluding steroid dienone is 2. The van der Waals surface area contributed by atoms with Crippen LogP contribution in [0.25, 0.3) is 22.4 Å². The van der Waals surface area contributed by atoms with Crippen molar-refractivity contribution in [2.24, 2.45) is 17.2 Å². The molecule has 1 fully saturated rings.